The molecule has 0 radical (unpaired) electrons. The van der Waals surface area contributed by atoms with Gasteiger partial charge in [0.05, 0.1) is 27.8 Å². The lowest BCUT2D eigenvalue weighted by molar-refractivity contribution is -0.123. The minimum Gasteiger partial charge on any atom is -0.303 e. The van der Waals surface area contributed by atoms with Gasteiger partial charge in [-0.05, 0) is 42.8 Å². The molecule has 3 aromatic carbocycles. The number of nitrogens with one attached hydrogen (secondary N) is 2. The first-order valence-corrected chi connectivity index (χ1v) is 13.2. The maximum absolute atomic E-state index is 13.7. The number of halogens is 4. The predicted molar refractivity (Wildman–Crippen MR) is 153 cm³/mol. The SMILES string of the molecule is Cc1ccc(CN2C(=O)N/C(=C\c3c(-c4ccc(Cl)cc4)[nH]n(-c4c(Cl)cc(Br)cc4Cl)c3=O)C2=O)cc1. The first-order valence-electron chi connectivity index (χ1n) is 11.3. The van der Waals surface area contributed by atoms with Gasteiger partial charge in [-0.15, -0.1) is 0 Å². The maximum atomic E-state index is 13.7. The third kappa shape index (κ3) is 5.05. The van der Waals surface area contributed by atoms with Crippen molar-refractivity contribution in [3.8, 4) is 16.9 Å². The molecule has 0 aliphatic carbocycles. The minimum atomic E-state index is -0.579. The van der Waals surface area contributed by atoms with Crippen molar-refractivity contribution in [1.82, 2.24) is 20.0 Å². The van der Waals surface area contributed by atoms with Crippen molar-refractivity contribution in [3.05, 3.63) is 113 Å². The number of carbonyl (C=O) groups excluding carboxylic acids is 2. The maximum Gasteiger partial charge on any atom is 0.329 e. The number of nitrogens with zero attached hydrogens (tertiary/aromatic N) is 2. The van der Waals surface area contributed by atoms with Gasteiger partial charge < -0.3 is 5.32 Å². The van der Waals surface area contributed by atoms with Gasteiger partial charge >= 0.3 is 6.03 Å². The highest BCUT2D eigenvalue weighted by atomic mass is 79.9. The smallest absolute Gasteiger partial charge is 0.303 e. The van der Waals surface area contributed by atoms with E-state index < -0.39 is 17.5 Å². The van der Waals surface area contributed by atoms with E-state index >= 15 is 0 Å². The molecule has 3 amide bonds. The Morgan fingerprint density at radius 3 is 2.18 bits per heavy atom. The molecule has 11 heteroatoms. The first-order chi connectivity index (χ1) is 18.1. The highest BCUT2D eigenvalue weighted by Crippen LogP contribution is 2.33. The van der Waals surface area contributed by atoms with E-state index in [1.54, 1.807) is 36.4 Å². The fraction of sp³-hybridized carbons (Fsp3) is 0.0741. The first kappa shape index (κ1) is 26.3. The summed E-state index contributed by atoms with van der Waals surface area (Å²) in [7, 11) is 0. The van der Waals surface area contributed by atoms with Crippen molar-refractivity contribution in [2.24, 2.45) is 0 Å². The average Bonchev–Trinajstić information content (AvgIpc) is 3.31. The van der Waals surface area contributed by atoms with Crippen LogP contribution in [0.3, 0.4) is 0 Å². The normalized spacial score (nSPS) is 14.4. The quantitative estimate of drug-likeness (QED) is 0.184. The zero-order valence-electron chi connectivity index (χ0n) is 19.7. The molecule has 4 aromatic rings. The molecule has 7 nitrogen and oxygen atoms in total. The molecule has 2 heterocycles. The monoisotopic (exact) mass is 630 g/mol. The largest absolute Gasteiger partial charge is 0.329 e. The van der Waals surface area contributed by atoms with Crippen LogP contribution in [0, 0.1) is 6.92 Å². The van der Waals surface area contributed by atoms with Crippen LogP contribution in [0.1, 0.15) is 16.7 Å². The van der Waals surface area contributed by atoms with Gasteiger partial charge in [0, 0.05) is 15.1 Å². The number of imide groups is 1. The number of hydrogen-bond acceptors (Lipinski definition) is 3. The fourth-order valence-corrected chi connectivity index (χ4v) is 5.57. The van der Waals surface area contributed by atoms with Gasteiger partial charge in [0.15, 0.2) is 0 Å². The highest BCUT2D eigenvalue weighted by molar-refractivity contribution is 9.10. The molecule has 0 bridgehead atoms. The van der Waals surface area contributed by atoms with Crippen LogP contribution in [-0.2, 0) is 11.3 Å². The molecule has 0 spiro atoms. The Morgan fingerprint density at radius 2 is 1.55 bits per heavy atom. The number of aromatic amines is 1. The minimum absolute atomic E-state index is 0.0337. The second kappa shape index (κ2) is 10.5. The summed E-state index contributed by atoms with van der Waals surface area (Å²) in [5.41, 5.74) is 2.68. The zero-order chi connectivity index (χ0) is 27.1. The number of amides is 3. The molecular weight excluding hydrogens is 615 g/mol. The van der Waals surface area contributed by atoms with Crippen molar-refractivity contribution < 1.29 is 9.59 Å². The van der Waals surface area contributed by atoms with Crippen LogP contribution < -0.4 is 10.9 Å². The number of urea groups is 1. The molecule has 38 heavy (non-hydrogen) atoms. The number of rotatable bonds is 5. The summed E-state index contributed by atoms with van der Waals surface area (Å²) < 4.78 is 1.85. The lowest BCUT2D eigenvalue weighted by atomic mass is 10.1. The molecular formula is C27H18BrCl3N4O3. The second-order valence-electron chi connectivity index (χ2n) is 8.63. The Morgan fingerprint density at radius 1 is 0.921 bits per heavy atom. The van der Waals surface area contributed by atoms with E-state index in [9.17, 15) is 14.4 Å². The Balaban J connectivity index is 1.61. The van der Waals surface area contributed by atoms with Crippen molar-refractivity contribution in [1.29, 1.82) is 0 Å². The van der Waals surface area contributed by atoms with Crippen LogP contribution in [-0.4, -0.2) is 26.6 Å². The zero-order valence-corrected chi connectivity index (χ0v) is 23.5. The summed E-state index contributed by atoms with van der Waals surface area (Å²) in [6.07, 6.45) is 1.36. The number of carbonyl (C=O) groups is 2. The van der Waals surface area contributed by atoms with Gasteiger partial charge in [-0.2, -0.15) is 0 Å². The van der Waals surface area contributed by atoms with Gasteiger partial charge in [-0.25, -0.2) is 9.48 Å². The Bertz CT molecular complexity index is 1650. The molecule has 0 saturated carbocycles. The fourth-order valence-electron chi connectivity index (χ4n) is 4.06. The van der Waals surface area contributed by atoms with Crippen LogP contribution in [0.2, 0.25) is 15.1 Å². The Hall–Kier alpha value is -3.30. The van der Waals surface area contributed by atoms with Gasteiger partial charge in [0.1, 0.15) is 11.4 Å². The second-order valence-corrected chi connectivity index (χ2v) is 10.8. The highest BCUT2D eigenvalue weighted by Gasteiger charge is 2.34. The average molecular weight is 633 g/mol. The van der Waals surface area contributed by atoms with E-state index in [0.717, 1.165) is 16.0 Å². The van der Waals surface area contributed by atoms with Crippen LogP contribution in [0.4, 0.5) is 4.79 Å². The molecule has 1 fully saturated rings. The van der Waals surface area contributed by atoms with Gasteiger partial charge in [0.25, 0.3) is 11.5 Å². The molecule has 1 aromatic heterocycles. The van der Waals surface area contributed by atoms with Gasteiger partial charge in [0.2, 0.25) is 0 Å². The van der Waals surface area contributed by atoms with E-state index in [4.69, 9.17) is 34.8 Å². The van der Waals surface area contributed by atoms with E-state index in [-0.39, 0.29) is 33.5 Å². The van der Waals surface area contributed by atoms with E-state index in [2.05, 4.69) is 26.3 Å². The van der Waals surface area contributed by atoms with E-state index in [1.165, 1.54) is 10.8 Å². The van der Waals surface area contributed by atoms with Crippen LogP contribution in [0.25, 0.3) is 23.0 Å². The number of benzene rings is 3. The predicted octanol–water partition coefficient (Wildman–Crippen LogP) is 6.96. The standard InChI is InChI=1S/C27H18BrCl3N4O3/c1-14-2-4-15(5-3-14)13-34-26(37)22(32-27(34)38)12-19-23(16-6-8-18(29)9-7-16)33-35(25(19)36)24-20(30)10-17(28)11-21(24)31/h2-12,33H,13H2,1H3,(H,32,38)/b22-12-. The van der Waals surface area contributed by atoms with Crippen LogP contribution >= 0.6 is 50.7 Å². The number of hydrogen-bond donors (Lipinski definition) is 2. The lowest BCUT2D eigenvalue weighted by Crippen LogP contribution is -2.30. The number of aryl methyl sites for hydroxylation is 1. The number of H-pyrrole nitrogens is 1. The van der Waals surface area contributed by atoms with E-state index in [1.807, 2.05) is 31.2 Å². The summed E-state index contributed by atoms with van der Waals surface area (Å²) in [4.78, 5) is 40.7. The Labute approximate surface area is 240 Å². The third-order valence-electron chi connectivity index (χ3n) is 5.98. The summed E-state index contributed by atoms with van der Waals surface area (Å²) in [5.74, 6) is -0.551. The molecule has 5 rings (SSSR count). The summed E-state index contributed by atoms with van der Waals surface area (Å²) in [6.45, 7) is 2.04. The number of aromatic nitrogens is 2. The molecule has 192 valence electrons. The molecule has 1 saturated heterocycles. The van der Waals surface area contributed by atoms with E-state index in [0.29, 0.717) is 20.8 Å². The Kier molecular flexibility index (Phi) is 7.24. The summed E-state index contributed by atoms with van der Waals surface area (Å²) >= 11 is 22.3. The summed E-state index contributed by atoms with van der Waals surface area (Å²) in [6, 6.07) is 17.0. The van der Waals surface area contributed by atoms with Crippen LogP contribution in [0.5, 0.6) is 0 Å². The van der Waals surface area contributed by atoms with Crippen LogP contribution in [0.15, 0.2) is 75.6 Å². The molecule has 1 aliphatic heterocycles. The topological polar surface area (TPSA) is 87.2 Å². The third-order valence-corrected chi connectivity index (χ3v) is 7.26. The lowest BCUT2D eigenvalue weighted by Gasteiger charge is -2.11. The molecule has 1 aliphatic rings. The summed E-state index contributed by atoms with van der Waals surface area (Å²) in [5, 5.41) is 6.60. The van der Waals surface area contributed by atoms with Crippen molar-refractivity contribution in [2.45, 2.75) is 13.5 Å². The van der Waals surface area contributed by atoms with Gasteiger partial charge in [-0.1, -0.05) is 92.7 Å². The van der Waals surface area contributed by atoms with Gasteiger partial charge in [-0.3, -0.25) is 19.6 Å². The van der Waals surface area contributed by atoms with Crippen molar-refractivity contribution in [3.63, 3.8) is 0 Å². The molecule has 2 N–H and O–H groups in total. The van der Waals surface area contributed by atoms with Crippen molar-refractivity contribution in [2.75, 3.05) is 0 Å². The molecule has 0 unspecified atom stereocenters. The van der Waals surface area contributed by atoms with Crippen molar-refractivity contribution >= 4 is 68.7 Å². The molecule has 0 atom stereocenters.